The molecule has 3 heteroatoms. The normalized spacial score (nSPS) is 10.4. The molecule has 0 aliphatic rings. The summed E-state index contributed by atoms with van der Waals surface area (Å²) in [5.41, 5.74) is 7.94. The molecule has 0 aliphatic heterocycles. The van der Waals surface area contributed by atoms with Crippen LogP contribution in [0, 0.1) is 0 Å². The fourth-order valence-electron chi connectivity index (χ4n) is 2.57. The molecule has 0 saturated heterocycles. The lowest BCUT2D eigenvalue weighted by molar-refractivity contribution is 0.306. The Balaban J connectivity index is 1.61. The number of benzene rings is 3. The van der Waals surface area contributed by atoms with Gasteiger partial charge in [-0.3, -0.25) is 0 Å². The van der Waals surface area contributed by atoms with Gasteiger partial charge in [0.25, 0.3) is 0 Å². The van der Waals surface area contributed by atoms with Crippen molar-refractivity contribution in [2.45, 2.75) is 19.4 Å². The quantitative estimate of drug-likeness (QED) is 0.634. The maximum absolute atomic E-state index is 6.03. The van der Waals surface area contributed by atoms with Gasteiger partial charge in [-0.15, -0.1) is 0 Å². The van der Waals surface area contributed by atoms with E-state index in [1.165, 1.54) is 5.56 Å². The zero-order valence-corrected chi connectivity index (χ0v) is 14.2. The van der Waals surface area contributed by atoms with Gasteiger partial charge in [0, 0.05) is 0 Å². The van der Waals surface area contributed by atoms with E-state index >= 15 is 0 Å². The molecule has 0 aliphatic carbocycles. The molecule has 3 aromatic rings. The summed E-state index contributed by atoms with van der Waals surface area (Å²) in [6, 6.07) is 25.9. The van der Waals surface area contributed by atoms with Crippen LogP contribution in [0.5, 0.6) is 17.2 Å². The largest absolute Gasteiger partial charge is 0.489 e. The van der Waals surface area contributed by atoms with Gasteiger partial charge in [0.15, 0.2) is 0 Å². The second kappa shape index (κ2) is 8.90. The molecule has 0 radical (unpaired) electrons. The summed E-state index contributed by atoms with van der Waals surface area (Å²) in [6.45, 7) is 1.24. The summed E-state index contributed by atoms with van der Waals surface area (Å²) >= 11 is 0. The fraction of sp³-hybridized carbons (Fsp3) is 0.182. The summed E-state index contributed by atoms with van der Waals surface area (Å²) in [5.74, 6) is 2.51. The van der Waals surface area contributed by atoms with Gasteiger partial charge in [0.2, 0.25) is 0 Å². The Morgan fingerprint density at radius 3 is 2.16 bits per heavy atom. The molecular formula is C22H23NO2. The van der Waals surface area contributed by atoms with E-state index in [0.29, 0.717) is 13.2 Å². The van der Waals surface area contributed by atoms with Gasteiger partial charge in [0.1, 0.15) is 23.9 Å². The summed E-state index contributed by atoms with van der Waals surface area (Å²) < 4.78 is 11.8. The van der Waals surface area contributed by atoms with E-state index in [9.17, 15) is 0 Å². The van der Waals surface area contributed by atoms with Crippen molar-refractivity contribution in [2.75, 3.05) is 6.54 Å². The number of aryl methyl sites for hydroxylation is 1. The van der Waals surface area contributed by atoms with Crippen LogP contribution in [0.4, 0.5) is 0 Å². The van der Waals surface area contributed by atoms with Gasteiger partial charge in [-0.25, -0.2) is 0 Å². The number of nitrogens with two attached hydrogens (primary N) is 1. The summed E-state index contributed by atoms with van der Waals surface area (Å²) in [5, 5.41) is 0. The maximum atomic E-state index is 6.03. The van der Waals surface area contributed by atoms with Gasteiger partial charge in [-0.1, -0.05) is 48.5 Å². The first kappa shape index (κ1) is 17.1. The van der Waals surface area contributed by atoms with Crippen molar-refractivity contribution in [1.29, 1.82) is 0 Å². The minimum Gasteiger partial charge on any atom is -0.489 e. The Morgan fingerprint density at radius 1 is 0.720 bits per heavy atom. The van der Waals surface area contributed by atoms with E-state index in [2.05, 4.69) is 18.2 Å². The van der Waals surface area contributed by atoms with Crippen LogP contribution in [-0.2, 0) is 13.0 Å². The Kier molecular flexibility index (Phi) is 6.07. The molecule has 3 aromatic carbocycles. The van der Waals surface area contributed by atoms with E-state index in [0.717, 1.165) is 35.7 Å². The zero-order chi connectivity index (χ0) is 17.3. The molecule has 0 amide bonds. The van der Waals surface area contributed by atoms with Gasteiger partial charge in [0.05, 0.1) is 0 Å². The SMILES string of the molecule is NCCCc1ccccc1Oc1ccc(OCc2ccccc2)cc1. The van der Waals surface area contributed by atoms with E-state index < -0.39 is 0 Å². The monoisotopic (exact) mass is 333 g/mol. The van der Waals surface area contributed by atoms with Gasteiger partial charge in [-0.05, 0) is 60.8 Å². The van der Waals surface area contributed by atoms with Gasteiger partial charge in [-0.2, -0.15) is 0 Å². The lowest BCUT2D eigenvalue weighted by atomic mass is 10.1. The van der Waals surface area contributed by atoms with E-state index in [4.69, 9.17) is 15.2 Å². The Labute approximate surface area is 149 Å². The third kappa shape index (κ3) is 5.10. The van der Waals surface area contributed by atoms with Crippen LogP contribution in [0.3, 0.4) is 0 Å². The lowest BCUT2D eigenvalue weighted by Crippen LogP contribution is -2.01. The molecular weight excluding hydrogens is 310 g/mol. The van der Waals surface area contributed by atoms with Crippen molar-refractivity contribution in [3.05, 3.63) is 90.0 Å². The molecule has 0 atom stereocenters. The summed E-state index contributed by atoms with van der Waals surface area (Å²) in [7, 11) is 0. The second-order valence-corrected chi connectivity index (χ2v) is 5.85. The maximum Gasteiger partial charge on any atom is 0.130 e. The molecule has 25 heavy (non-hydrogen) atoms. The van der Waals surface area contributed by atoms with Crippen LogP contribution in [-0.4, -0.2) is 6.54 Å². The number of ether oxygens (including phenoxy) is 2. The highest BCUT2D eigenvalue weighted by molar-refractivity contribution is 5.39. The standard InChI is InChI=1S/C22H23NO2/c23-16-6-10-19-9-4-5-11-22(19)25-21-14-12-20(13-15-21)24-17-18-7-2-1-3-8-18/h1-5,7-9,11-15H,6,10,16-17,23H2. The predicted octanol–water partition coefficient (Wildman–Crippen LogP) is 4.95. The van der Waals surface area contributed by atoms with Crippen LogP contribution in [0.2, 0.25) is 0 Å². The third-order valence-corrected chi connectivity index (χ3v) is 3.92. The molecule has 0 heterocycles. The van der Waals surface area contributed by atoms with Crippen molar-refractivity contribution in [1.82, 2.24) is 0 Å². The molecule has 0 unspecified atom stereocenters. The molecule has 2 N–H and O–H groups in total. The number of hydrogen-bond donors (Lipinski definition) is 1. The lowest BCUT2D eigenvalue weighted by Gasteiger charge is -2.12. The summed E-state index contributed by atoms with van der Waals surface area (Å²) in [6.07, 6.45) is 1.87. The van der Waals surface area contributed by atoms with Crippen molar-refractivity contribution >= 4 is 0 Å². The smallest absolute Gasteiger partial charge is 0.130 e. The molecule has 0 aromatic heterocycles. The van der Waals surface area contributed by atoms with Crippen LogP contribution in [0.25, 0.3) is 0 Å². The molecule has 3 rings (SSSR count). The zero-order valence-electron chi connectivity index (χ0n) is 14.2. The van der Waals surface area contributed by atoms with Crippen molar-refractivity contribution < 1.29 is 9.47 Å². The van der Waals surface area contributed by atoms with Crippen LogP contribution >= 0.6 is 0 Å². The van der Waals surface area contributed by atoms with Crippen LogP contribution in [0.1, 0.15) is 17.5 Å². The van der Waals surface area contributed by atoms with Crippen molar-refractivity contribution in [3.63, 3.8) is 0 Å². The average molecular weight is 333 g/mol. The van der Waals surface area contributed by atoms with Gasteiger partial charge >= 0.3 is 0 Å². The average Bonchev–Trinajstić information content (AvgIpc) is 2.67. The number of rotatable bonds is 8. The van der Waals surface area contributed by atoms with Gasteiger partial charge < -0.3 is 15.2 Å². The minimum absolute atomic E-state index is 0.558. The third-order valence-electron chi connectivity index (χ3n) is 3.92. The highest BCUT2D eigenvalue weighted by Crippen LogP contribution is 2.27. The van der Waals surface area contributed by atoms with E-state index in [-0.39, 0.29) is 0 Å². The topological polar surface area (TPSA) is 44.5 Å². The highest BCUT2D eigenvalue weighted by Gasteiger charge is 2.04. The Hall–Kier alpha value is -2.78. The Morgan fingerprint density at radius 2 is 1.40 bits per heavy atom. The number of hydrogen-bond acceptors (Lipinski definition) is 3. The molecule has 128 valence electrons. The summed E-state index contributed by atoms with van der Waals surface area (Å²) in [4.78, 5) is 0. The van der Waals surface area contributed by atoms with Crippen molar-refractivity contribution in [2.24, 2.45) is 5.73 Å². The first-order chi connectivity index (χ1) is 12.3. The number of para-hydroxylation sites is 1. The molecule has 0 bridgehead atoms. The molecule has 0 fully saturated rings. The first-order valence-electron chi connectivity index (χ1n) is 8.58. The van der Waals surface area contributed by atoms with Crippen LogP contribution in [0.15, 0.2) is 78.9 Å². The highest BCUT2D eigenvalue weighted by atomic mass is 16.5. The predicted molar refractivity (Wildman–Crippen MR) is 101 cm³/mol. The Bertz CT molecular complexity index is 770. The van der Waals surface area contributed by atoms with E-state index in [1.54, 1.807) is 0 Å². The first-order valence-corrected chi connectivity index (χ1v) is 8.58. The van der Waals surface area contributed by atoms with Crippen molar-refractivity contribution in [3.8, 4) is 17.2 Å². The molecule has 0 spiro atoms. The fourth-order valence-corrected chi connectivity index (χ4v) is 2.57. The molecule has 0 saturated carbocycles. The second-order valence-electron chi connectivity index (χ2n) is 5.85. The van der Waals surface area contributed by atoms with Crippen LogP contribution < -0.4 is 15.2 Å². The van der Waals surface area contributed by atoms with E-state index in [1.807, 2.05) is 60.7 Å². The molecule has 3 nitrogen and oxygen atoms in total. The minimum atomic E-state index is 0.558.